The predicted octanol–water partition coefficient (Wildman–Crippen LogP) is 2.46. The predicted molar refractivity (Wildman–Crippen MR) is 62.0 cm³/mol. The van der Waals surface area contributed by atoms with Crippen LogP contribution >= 0.6 is 0 Å². The molecular formula is C13H17NO3. The van der Waals surface area contributed by atoms with E-state index in [1.807, 2.05) is 0 Å². The van der Waals surface area contributed by atoms with Gasteiger partial charge in [-0.25, -0.2) is 4.85 Å². The van der Waals surface area contributed by atoms with Crippen LogP contribution in [0.4, 0.5) is 0 Å². The molecule has 2 rings (SSSR count). The summed E-state index contributed by atoms with van der Waals surface area (Å²) in [6.07, 6.45) is 5.85. The van der Waals surface area contributed by atoms with Crippen molar-refractivity contribution in [3.05, 3.63) is 22.7 Å². The molecule has 0 aromatic rings. The third-order valence-corrected chi connectivity index (χ3v) is 3.69. The number of rotatable bonds is 1. The van der Waals surface area contributed by atoms with Gasteiger partial charge < -0.3 is 9.47 Å². The van der Waals surface area contributed by atoms with E-state index in [-0.39, 0.29) is 11.3 Å². The highest BCUT2D eigenvalue weighted by molar-refractivity contribution is 5.91. The molecule has 2 aliphatic rings. The smallest absolute Gasteiger partial charge is 0.335 e. The van der Waals surface area contributed by atoms with Crippen LogP contribution in [0.15, 0.2) is 11.3 Å². The minimum Gasteiger partial charge on any atom is -0.474 e. The number of esters is 1. The van der Waals surface area contributed by atoms with Crippen LogP contribution in [-0.2, 0) is 14.3 Å². The lowest BCUT2D eigenvalue weighted by molar-refractivity contribution is -0.135. The first-order valence-corrected chi connectivity index (χ1v) is 6.02. The average molecular weight is 235 g/mol. The SMILES string of the molecule is [C-]#[N+]C(C(=O)OC)=C1CCOC2(CCCC2)C1. The number of nitrogens with zero attached hydrogens (tertiary/aromatic N) is 1. The van der Waals surface area contributed by atoms with Crippen LogP contribution in [0, 0.1) is 6.57 Å². The van der Waals surface area contributed by atoms with E-state index in [4.69, 9.17) is 11.3 Å². The van der Waals surface area contributed by atoms with Crippen LogP contribution in [0.1, 0.15) is 38.5 Å². The van der Waals surface area contributed by atoms with Gasteiger partial charge in [0.25, 0.3) is 5.70 Å². The van der Waals surface area contributed by atoms with Crippen molar-refractivity contribution in [1.82, 2.24) is 0 Å². The van der Waals surface area contributed by atoms with Crippen LogP contribution in [0.25, 0.3) is 4.85 Å². The van der Waals surface area contributed by atoms with Gasteiger partial charge in [0.05, 0.1) is 19.3 Å². The highest BCUT2D eigenvalue weighted by Gasteiger charge is 2.39. The fourth-order valence-corrected chi connectivity index (χ4v) is 2.83. The van der Waals surface area contributed by atoms with Crippen molar-refractivity contribution >= 4 is 5.97 Å². The zero-order valence-electron chi connectivity index (χ0n) is 10.1. The van der Waals surface area contributed by atoms with Gasteiger partial charge in [0.1, 0.15) is 0 Å². The Morgan fingerprint density at radius 2 is 2.18 bits per heavy atom. The molecule has 1 saturated heterocycles. The third-order valence-electron chi connectivity index (χ3n) is 3.69. The first kappa shape index (κ1) is 12.1. The number of carbonyl (C=O) groups is 1. The number of carbonyl (C=O) groups excluding carboxylic acids is 1. The summed E-state index contributed by atoms with van der Waals surface area (Å²) in [7, 11) is 1.32. The molecule has 4 nitrogen and oxygen atoms in total. The van der Waals surface area contributed by atoms with Gasteiger partial charge >= 0.3 is 5.97 Å². The van der Waals surface area contributed by atoms with Gasteiger partial charge in [-0.2, -0.15) is 0 Å². The first-order chi connectivity index (χ1) is 8.21. The van der Waals surface area contributed by atoms with Crippen LogP contribution in [0.3, 0.4) is 0 Å². The minimum atomic E-state index is -0.509. The molecule has 0 aromatic heterocycles. The fraction of sp³-hybridized carbons (Fsp3) is 0.692. The molecule has 0 N–H and O–H groups in total. The van der Waals surface area contributed by atoms with E-state index in [9.17, 15) is 4.79 Å². The van der Waals surface area contributed by atoms with Crippen molar-refractivity contribution in [3.8, 4) is 0 Å². The maximum Gasteiger partial charge on any atom is 0.335 e. The highest BCUT2D eigenvalue weighted by atomic mass is 16.5. The summed E-state index contributed by atoms with van der Waals surface area (Å²) >= 11 is 0. The number of methoxy groups -OCH3 is 1. The second-order valence-electron chi connectivity index (χ2n) is 4.72. The molecule has 2 fully saturated rings. The number of hydrogen-bond acceptors (Lipinski definition) is 3. The van der Waals surface area contributed by atoms with Crippen molar-refractivity contribution in [2.45, 2.75) is 44.1 Å². The molecule has 0 unspecified atom stereocenters. The lowest BCUT2D eigenvalue weighted by Gasteiger charge is -2.35. The highest BCUT2D eigenvalue weighted by Crippen LogP contribution is 2.42. The Kier molecular flexibility index (Phi) is 3.49. The largest absolute Gasteiger partial charge is 0.474 e. The van der Waals surface area contributed by atoms with E-state index in [1.165, 1.54) is 20.0 Å². The zero-order valence-corrected chi connectivity index (χ0v) is 10.1. The van der Waals surface area contributed by atoms with Crippen LogP contribution in [0.5, 0.6) is 0 Å². The Hall–Kier alpha value is -1.34. The van der Waals surface area contributed by atoms with Gasteiger partial charge in [0, 0.05) is 6.61 Å². The van der Waals surface area contributed by atoms with Crippen LogP contribution in [-0.4, -0.2) is 25.3 Å². The van der Waals surface area contributed by atoms with Crippen LogP contribution in [0.2, 0.25) is 0 Å². The molecule has 0 amide bonds. The summed E-state index contributed by atoms with van der Waals surface area (Å²) in [5.74, 6) is -0.509. The second kappa shape index (κ2) is 4.89. The second-order valence-corrected chi connectivity index (χ2v) is 4.72. The molecule has 0 bridgehead atoms. The number of hydrogen-bond donors (Lipinski definition) is 0. The van der Waals surface area contributed by atoms with Crippen molar-refractivity contribution in [2.75, 3.05) is 13.7 Å². The number of ether oxygens (including phenoxy) is 2. The van der Waals surface area contributed by atoms with Gasteiger partial charge in [-0.3, -0.25) is 4.79 Å². The average Bonchev–Trinajstić information content (AvgIpc) is 2.78. The summed E-state index contributed by atoms with van der Waals surface area (Å²) in [6, 6.07) is 0. The molecule has 4 heteroatoms. The van der Waals surface area contributed by atoms with Crippen molar-refractivity contribution < 1.29 is 14.3 Å². The van der Waals surface area contributed by atoms with Gasteiger partial charge in [-0.05, 0) is 25.7 Å². The Bertz CT molecular complexity index is 386. The van der Waals surface area contributed by atoms with Gasteiger partial charge in [0.2, 0.25) is 0 Å². The molecule has 92 valence electrons. The minimum absolute atomic E-state index is 0.0997. The van der Waals surface area contributed by atoms with E-state index < -0.39 is 5.97 Å². The Labute approximate surface area is 101 Å². The summed E-state index contributed by atoms with van der Waals surface area (Å²) < 4.78 is 10.5. The van der Waals surface area contributed by atoms with E-state index in [0.29, 0.717) is 13.0 Å². The van der Waals surface area contributed by atoms with Crippen molar-refractivity contribution in [1.29, 1.82) is 0 Å². The Balaban J connectivity index is 2.23. The normalized spacial score (nSPS) is 25.4. The Morgan fingerprint density at radius 3 is 2.76 bits per heavy atom. The van der Waals surface area contributed by atoms with Gasteiger partial charge in [0.15, 0.2) is 0 Å². The molecule has 1 heterocycles. The van der Waals surface area contributed by atoms with Gasteiger partial charge in [-0.15, -0.1) is 0 Å². The fourth-order valence-electron chi connectivity index (χ4n) is 2.83. The molecule has 0 atom stereocenters. The monoisotopic (exact) mass is 235 g/mol. The molecular weight excluding hydrogens is 218 g/mol. The molecule has 1 spiro atoms. The maximum atomic E-state index is 11.5. The molecule has 0 radical (unpaired) electrons. The first-order valence-electron chi connectivity index (χ1n) is 6.02. The lowest BCUT2D eigenvalue weighted by atomic mass is 9.87. The lowest BCUT2D eigenvalue weighted by Crippen LogP contribution is -2.34. The molecule has 17 heavy (non-hydrogen) atoms. The molecule has 0 aromatic carbocycles. The zero-order chi connectivity index (χ0) is 12.3. The summed E-state index contributed by atoms with van der Waals surface area (Å²) in [4.78, 5) is 14.8. The Morgan fingerprint density at radius 1 is 1.47 bits per heavy atom. The summed E-state index contributed by atoms with van der Waals surface area (Å²) in [6.45, 7) is 7.73. The van der Waals surface area contributed by atoms with E-state index in [2.05, 4.69) is 9.58 Å². The molecule has 1 saturated carbocycles. The van der Waals surface area contributed by atoms with Gasteiger partial charge in [-0.1, -0.05) is 18.4 Å². The van der Waals surface area contributed by atoms with E-state index in [0.717, 1.165) is 24.8 Å². The van der Waals surface area contributed by atoms with E-state index >= 15 is 0 Å². The molecule has 1 aliphatic carbocycles. The van der Waals surface area contributed by atoms with Crippen molar-refractivity contribution in [2.24, 2.45) is 0 Å². The molecule has 1 aliphatic heterocycles. The summed E-state index contributed by atoms with van der Waals surface area (Å²) in [5.41, 5.74) is 0.986. The third kappa shape index (κ3) is 2.34. The summed E-state index contributed by atoms with van der Waals surface area (Å²) in [5, 5.41) is 0. The van der Waals surface area contributed by atoms with Crippen molar-refractivity contribution in [3.63, 3.8) is 0 Å². The topological polar surface area (TPSA) is 39.9 Å². The van der Waals surface area contributed by atoms with Crippen LogP contribution < -0.4 is 0 Å². The standard InChI is InChI=1S/C13H17NO3/c1-14-11(12(15)16-2)10-5-8-17-13(9-10)6-3-4-7-13/h3-9H2,2H3. The van der Waals surface area contributed by atoms with E-state index in [1.54, 1.807) is 0 Å². The quantitative estimate of drug-likeness (QED) is 0.398. The maximum absolute atomic E-state index is 11.5.